The maximum atomic E-state index is 11.4. The summed E-state index contributed by atoms with van der Waals surface area (Å²) in [6.07, 6.45) is 0.276. The molecule has 1 rings (SSSR count). The van der Waals surface area contributed by atoms with Crippen molar-refractivity contribution in [1.82, 2.24) is 10.6 Å². The van der Waals surface area contributed by atoms with Crippen LogP contribution in [-0.2, 0) is 9.59 Å². The van der Waals surface area contributed by atoms with Crippen molar-refractivity contribution >= 4 is 23.4 Å². The Bertz CT molecular complexity index is 398. The third-order valence-corrected chi connectivity index (χ3v) is 2.47. The van der Waals surface area contributed by atoms with Gasteiger partial charge in [0, 0.05) is 13.1 Å². The first-order chi connectivity index (χ1) is 9.22. The third-order valence-electron chi connectivity index (χ3n) is 2.23. The van der Waals surface area contributed by atoms with Gasteiger partial charge in [0.25, 0.3) is 0 Å². The molecule has 1 aromatic rings. The van der Waals surface area contributed by atoms with Crippen molar-refractivity contribution in [3.63, 3.8) is 0 Å². The van der Waals surface area contributed by atoms with Gasteiger partial charge in [-0.2, -0.15) is 0 Å². The Morgan fingerprint density at radius 1 is 1.05 bits per heavy atom. The van der Waals surface area contributed by atoms with Gasteiger partial charge in [-0.1, -0.05) is 18.2 Å². The van der Waals surface area contributed by atoms with Crippen LogP contribution in [0.5, 0.6) is 5.75 Å². The smallest absolute Gasteiger partial charge is 0.234 e. The zero-order valence-corrected chi connectivity index (χ0v) is 11.3. The molecule has 2 N–H and O–H groups in total. The van der Waals surface area contributed by atoms with E-state index in [0.717, 1.165) is 5.75 Å². The molecule has 0 aliphatic heterocycles. The fourth-order valence-corrected chi connectivity index (χ4v) is 1.41. The molecule has 0 saturated heterocycles. The van der Waals surface area contributed by atoms with Crippen LogP contribution < -0.4 is 15.4 Å². The summed E-state index contributed by atoms with van der Waals surface area (Å²) >= 11 is 5.30. The van der Waals surface area contributed by atoms with E-state index in [2.05, 4.69) is 10.6 Å². The number of benzene rings is 1. The summed E-state index contributed by atoms with van der Waals surface area (Å²) in [6.45, 7) is 1.08. The van der Waals surface area contributed by atoms with Gasteiger partial charge in [-0.05, 0) is 12.1 Å². The number of hydrogen-bond acceptors (Lipinski definition) is 3. The molecule has 0 radical (unpaired) electrons. The van der Waals surface area contributed by atoms with Crippen molar-refractivity contribution in [2.75, 3.05) is 25.6 Å². The molecular formula is C13H17ClN2O3. The van der Waals surface area contributed by atoms with Crippen LogP contribution in [0.3, 0.4) is 0 Å². The number of halogens is 1. The quantitative estimate of drug-likeness (QED) is 0.551. The summed E-state index contributed by atoms with van der Waals surface area (Å²) in [7, 11) is 0. The van der Waals surface area contributed by atoms with Crippen LogP contribution in [0, 0.1) is 0 Å². The number of para-hydroxylation sites is 1. The molecule has 0 aliphatic rings. The summed E-state index contributed by atoms with van der Waals surface area (Å²) in [5.74, 6) is 0.308. The third kappa shape index (κ3) is 7.31. The van der Waals surface area contributed by atoms with E-state index in [9.17, 15) is 9.59 Å². The lowest BCUT2D eigenvalue weighted by atomic mass is 10.3. The molecule has 19 heavy (non-hydrogen) atoms. The van der Waals surface area contributed by atoms with Crippen LogP contribution in [0.25, 0.3) is 0 Å². The van der Waals surface area contributed by atoms with E-state index in [-0.39, 0.29) is 24.1 Å². The van der Waals surface area contributed by atoms with Gasteiger partial charge in [0.1, 0.15) is 11.6 Å². The lowest BCUT2D eigenvalue weighted by molar-refractivity contribution is -0.122. The standard InChI is InChI=1S/C13H17ClN2O3/c14-10-13(18)16-8-7-15-12(17)6-9-19-11-4-2-1-3-5-11/h1-5H,6-10H2,(H,15,17)(H,16,18). The van der Waals surface area contributed by atoms with Crippen LogP contribution >= 0.6 is 11.6 Å². The number of nitrogens with one attached hydrogen (secondary N) is 2. The number of carbonyl (C=O) groups is 2. The maximum absolute atomic E-state index is 11.4. The number of ether oxygens (including phenoxy) is 1. The molecule has 0 unspecified atom stereocenters. The molecule has 6 heteroatoms. The Labute approximate surface area is 117 Å². The Morgan fingerprint density at radius 2 is 1.68 bits per heavy atom. The van der Waals surface area contributed by atoms with Crippen molar-refractivity contribution < 1.29 is 14.3 Å². The van der Waals surface area contributed by atoms with E-state index in [1.807, 2.05) is 30.3 Å². The summed E-state index contributed by atoms with van der Waals surface area (Å²) < 4.78 is 5.39. The zero-order chi connectivity index (χ0) is 13.9. The van der Waals surface area contributed by atoms with Crippen LogP contribution in [0.4, 0.5) is 0 Å². The van der Waals surface area contributed by atoms with E-state index in [1.165, 1.54) is 0 Å². The molecule has 0 aromatic heterocycles. The lowest BCUT2D eigenvalue weighted by Gasteiger charge is -2.07. The van der Waals surface area contributed by atoms with E-state index in [1.54, 1.807) is 0 Å². The normalized spacial score (nSPS) is 9.74. The molecule has 0 fully saturated rings. The predicted molar refractivity (Wildman–Crippen MR) is 73.3 cm³/mol. The van der Waals surface area contributed by atoms with Gasteiger partial charge in [-0.25, -0.2) is 0 Å². The number of amides is 2. The first kappa shape index (κ1) is 15.3. The first-order valence-electron chi connectivity index (χ1n) is 5.99. The van der Waals surface area contributed by atoms with Gasteiger partial charge in [0.05, 0.1) is 13.0 Å². The molecule has 0 atom stereocenters. The molecule has 104 valence electrons. The number of carbonyl (C=O) groups excluding carboxylic acids is 2. The van der Waals surface area contributed by atoms with Crippen molar-refractivity contribution in [1.29, 1.82) is 0 Å². The van der Waals surface area contributed by atoms with Crippen molar-refractivity contribution in [3.8, 4) is 5.75 Å². The molecular weight excluding hydrogens is 268 g/mol. The van der Waals surface area contributed by atoms with Crippen molar-refractivity contribution in [2.45, 2.75) is 6.42 Å². The second-order valence-corrected chi connectivity index (χ2v) is 4.01. The fraction of sp³-hybridized carbons (Fsp3) is 0.385. The average molecular weight is 285 g/mol. The summed E-state index contributed by atoms with van der Waals surface area (Å²) in [5.41, 5.74) is 0. The van der Waals surface area contributed by atoms with Crippen molar-refractivity contribution in [2.24, 2.45) is 0 Å². The van der Waals surface area contributed by atoms with Crippen LogP contribution in [0.2, 0.25) is 0 Å². The molecule has 1 aromatic carbocycles. The Kier molecular flexibility index (Phi) is 7.43. The monoisotopic (exact) mass is 284 g/mol. The Hall–Kier alpha value is -1.75. The van der Waals surface area contributed by atoms with Gasteiger partial charge in [0.15, 0.2) is 0 Å². The lowest BCUT2D eigenvalue weighted by Crippen LogP contribution is -2.35. The largest absolute Gasteiger partial charge is 0.493 e. The topological polar surface area (TPSA) is 67.4 Å². The minimum absolute atomic E-state index is 0.0706. The SMILES string of the molecule is O=C(CCl)NCCNC(=O)CCOc1ccccc1. The summed E-state index contributed by atoms with van der Waals surface area (Å²) in [5, 5.41) is 5.22. The second kappa shape index (κ2) is 9.22. The number of rotatable bonds is 8. The maximum Gasteiger partial charge on any atom is 0.234 e. The highest BCUT2D eigenvalue weighted by Crippen LogP contribution is 2.08. The average Bonchev–Trinajstić information content (AvgIpc) is 2.44. The fourth-order valence-electron chi connectivity index (χ4n) is 1.32. The molecule has 0 aliphatic carbocycles. The molecule has 5 nitrogen and oxygen atoms in total. The van der Waals surface area contributed by atoms with Gasteiger partial charge in [-0.15, -0.1) is 11.6 Å². The van der Waals surface area contributed by atoms with Gasteiger partial charge in [-0.3, -0.25) is 9.59 Å². The Balaban J connectivity index is 2.04. The highest BCUT2D eigenvalue weighted by atomic mass is 35.5. The van der Waals surface area contributed by atoms with Crippen LogP contribution in [-0.4, -0.2) is 37.4 Å². The molecule has 0 heterocycles. The van der Waals surface area contributed by atoms with E-state index in [4.69, 9.17) is 16.3 Å². The van der Waals surface area contributed by atoms with E-state index >= 15 is 0 Å². The minimum atomic E-state index is -0.247. The highest BCUT2D eigenvalue weighted by Gasteiger charge is 2.02. The van der Waals surface area contributed by atoms with Crippen LogP contribution in [0.15, 0.2) is 30.3 Å². The van der Waals surface area contributed by atoms with E-state index < -0.39 is 0 Å². The highest BCUT2D eigenvalue weighted by molar-refractivity contribution is 6.27. The van der Waals surface area contributed by atoms with Crippen LogP contribution in [0.1, 0.15) is 6.42 Å². The summed E-state index contributed by atoms with van der Waals surface area (Å²) in [6, 6.07) is 9.30. The van der Waals surface area contributed by atoms with Gasteiger partial charge < -0.3 is 15.4 Å². The minimum Gasteiger partial charge on any atom is -0.493 e. The van der Waals surface area contributed by atoms with E-state index in [0.29, 0.717) is 19.7 Å². The summed E-state index contributed by atoms with van der Waals surface area (Å²) in [4.78, 5) is 22.2. The Morgan fingerprint density at radius 3 is 2.32 bits per heavy atom. The molecule has 0 spiro atoms. The predicted octanol–water partition coefficient (Wildman–Crippen LogP) is 0.927. The first-order valence-corrected chi connectivity index (χ1v) is 6.53. The second-order valence-electron chi connectivity index (χ2n) is 3.75. The molecule has 2 amide bonds. The van der Waals surface area contributed by atoms with Gasteiger partial charge >= 0.3 is 0 Å². The molecule has 0 saturated carbocycles. The number of hydrogen-bond donors (Lipinski definition) is 2. The van der Waals surface area contributed by atoms with Gasteiger partial charge in [0.2, 0.25) is 11.8 Å². The number of alkyl halides is 1. The zero-order valence-electron chi connectivity index (χ0n) is 10.5. The molecule has 0 bridgehead atoms. The van der Waals surface area contributed by atoms with Crippen molar-refractivity contribution in [3.05, 3.63) is 30.3 Å².